The molecule has 0 aromatic heterocycles. The first-order chi connectivity index (χ1) is 8.75. The number of rotatable bonds is 3. The van der Waals surface area contributed by atoms with Gasteiger partial charge in [0.2, 0.25) is 0 Å². The maximum Gasteiger partial charge on any atom is 0.417 e. The van der Waals surface area contributed by atoms with E-state index in [1.165, 1.54) is 12.1 Å². The van der Waals surface area contributed by atoms with Gasteiger partial charge in [-0.15, -0.1) is 0 Å². The van der Waals surface area contributed by atoms with Crippen molar-refractivity contribution in [3.05, 3.63) is 28.8 Å². The Balaban J connectivity index is 3.18. The lowest BCUT2D eigenvalue weighted by Crippen LogP contribution is -2.12. The first-order valence-corrected chi connectivity index (χ1v) is 6.21. The quantitative estimate of drug-likeness (QED) is 0.562. The summed E-state index contributed by atoms with van der Waals surface area (Å²) in [4.78, 5) is 4.10. The largest absolute Gasteiger partial charge is 0.481 e. The number of ether oxygens (including phenoxy) is 1. The average molecular weight is 294 g/mol. The third kappa shape index (κ3) is 4.42. The van der Waals surface area contributed by atoms with E-state index in [9.17, 15) is 13.2 Å². The summed E-state index contributed by atoms with van der Waals surface area (Å²) in [6.07, 6.45) is -4.49. The number of benzene rings is 1. The monoisotopic (exact) mass is 293 g/mol. The van der Waals surface area contributed by atoms with Crippen molar-refractivity contribution in [2.75, 3.05) is 6.61 Å². The minimum absolute atomic E-state index is 0.00929. The summed E-state index contributed by atoms with van der Waals surface area (Å²) in [7, 11) is 0. The zero-order chi connectivity index (χ0) is 14.6. The molecule has 0 unspecified atom stereocenters. The van der Waals surface area contributed by atoms with Gasteiger partial charge in [-0.1, -0.05) is 25.4 Å². The molecule has 1 aromatic carbocycles. The minimum Gasteiger partial charge on any atom is -0.481 e. The van der Waals surface area contributed by atoms with Crippen LogP contribution in [0.2, 0.25) is 5.02 Å². The lowest BCUT2D eigenvalue weighted by atomic mass is 10.2. The standard InChI is InChI=1S/C13H15ClF3NO/c1-4-19-12(8(2)3)18-9-5-6-11(14)10(7-9)13(15,16)17/h5-8H,4H2,1-3H3/b18-12-. The predicted molar refractivity (Wildman–Crippen MR) is 70.0 cm³/mol. The van der Waals surface area contributed by atoms with Crippen LogP contribution in [0.3, 0.4) is 0 Å². The van der Waals surface area contributed by atoms with Crippen molar-refractivity contribution in [2.24, 2.45) is 10.9 Å². The Kier molecular flexibility index (Phi) is 5.23. The zero-order valence-corrected chi connectivity index (χ0v) is 11.6. The molecule has 19 heavy (non-hydrogen) atoms. The van der Waals surface area contributed by atoms with Gasteiger partial charge in [0.25, 0.3) is 0 Å². The molecule has 0 saturated heterocycles. The summed E-state index contributed by atoms with van der Waals surface area (Å²) in [6.45, 7) is 5.92. The third-order valence-electron chi connectivity index (χ3n) is 2.28. The van der Waals surface area contributed by atoms with Gasteiger partial charge in [-0.05, 0) is 25.1 Å². The summed E-state index contributed by atoms with van der Waals surface area (Å²) in [6, 6.07) is 3.54. The van der Waals surface area contributed by atoms with Crippen molar-refractivity contribution >= 4 is 23.2 Å². The highest BCUT2D eigenvalue weighted by atomic mass is 35.5. The van der Waals surface area contributed by atoms with E-state index < -0.39 is 11.7 Å². The molecular weight excluding hydrogens is 279 g/mol. The highest BCUT2D eigenvalue weighted by molar-refractivity contribution is 6.31. The summed E-state index contributed by atoms with van der Waals surface area (Å²) in [5.74, 6) is 0.392. The van der Waals surface area contributed by atoms with Gasteiger partial charge in [-0.3, -0.25) is 0 Å². The molecule has 0 amide bonds. The molecular formula is C13H15ClF3NO. The Morgan fingerprint density at radius 3 is 2.47 bits per heavy atom. The molecule has 0 radical (unpaired) electrons. The van der Waals surface area contributed by atoms with E-state index in [2.05, 4.69) is 4.99 Å². The number of halogens is 4. The fourth-order valence-electron chi connectivity index (χ4n) is 1.40. The molecule has 6 heteroatoms. The maximum atomic E-state index is 12.7. The Bertz CT molecular complexity index is 469. The fourth-order valence-corrected chi connectivity index (χ4v) is 1.63. The maximum absolute atomic E-state index is 12.7. The molecule has 0 saturated carbocycles. The first-order valence-electron chi connectivity index (χ1n) is 5.83. The molecule has 0 N–H and O–H groups in total. The first kappa shape index (κ1) is 15.8. The average Bonchev–Trinajstić information content (AvgIpc) is 2.29. The van der Waals surface area contributed by atoms with Crippen LogP contribution in [0.25, 0.3) is 0 Å². The van der Waals surface area contributed by atoms with Gasteiger partial charge in [0.15, 0.2) is 5.90 Å². The van der Waals surface area contributed by atoms with Crippen molar-refractivity contribution < 1.29 is 17.9 Å². The van der Waals surface area contributed by atoms with Crippen molar-refractivity contribution in [1.29, 1.82) is 0 Å². The van der Waals surface area contributed by atoms with E-state index in [1.54, 1.807) is 6.92 Å². The van der Waals surface area contributed by atoms with Gasteiger partial charge >= 0.3 is 6.18 Å². The van der Waals surface area contributed by atoms with Gasteiger partial charge in [0.1, 0.15) is 0 Å². The molecule has 0 spiro atoms. The summed E-state index contributed by atoms with van der Waals surface area (Å²) >= 11 is 5.54. The van der Waals surface area contributed by atoms with Gasteiger partial charge in [-0.25, -0.2) is 4.99 Å². The van der Waals surface area contributed by atoms with E-state index in [0.717, 1.165) is 6.07 Å². The zero-order valence-electron chi connectivity index (χ0n) is 10.9. The molecule has 0 atom stereocenters. The summed E-state index contributed by atoms with van der Waals surface area (Å²) in [5.41, 5.74) is -0.719. The molecule has 0 aliphatic rings. The Labute approximate surface area is 115 Å². The normalized spacial score (nSPS) is 12.9. The molecule has 2 nitrogen and oxygen atoms in total. The molecule has 1 rings (SSSR count). The van der Waals surface area contributed by atoms with Crippen LogP contribution in [0.5, 0.6) is 0 Å². The minimum atomic E-state index is -4.49. The summed E-state index contributed by atoms with van der Waals surface area (Å²) < 4.78 is 43.4. The van der Waals surface area contributed by atoms with E-state index in [1.807, 2.05) is 13.8 Å². The molecule has 0 aliphatic heterocycles. The van der Waals surface area contributed by atoms with Crippen LogP contribution in [0, 0.1) is 5.92 Å². The van der Waals surface area contributed by atoms with Gasteiger partial charge in [-0.2, -0.15) is 13.2 Å². The molecule has 0 fully saturated rings. The van der Waals surface area contributed by atoms with Crippen LogP contribution >= 0.6 is 11.6 Å². The van der Waals surface area contributed by atoms with Crippen LogP contribution in [-0.2, 0) is 10.9 Å². The molecule has 0 aliphatic carbocycles. The smallest absolute Gasteiger partial charge is 0.417 e. The van der Waals surface area contributed by atoms with Gasteiger partial charge in [0, 0.05) is 5.92 Å². The second-order valence-corrected chi connectivity index (χ2v) is 4.61. The molecule has 0 heterocycles. The lowest BCUT2D eigenvalue weighted by molar-refractivity contribution is -0.137. The molecule has 0 bridgehead atoms. The number of aliphatic imine (C=N–C) groups is 1. The van der Waals surface area contributed by atoms with Crippen molar-refractivity contribution in [2.45, 2.75) is 26.9 Å². The topological polar surface area (TPSA) is 21.6 Å². The van der Waals surface area contributed by atoms with Crippen LogP contribution in [0.4, 0.5) is 18.9 Å². The van der Waals surface area contributed by atoms with Crippen molar-refractivity contribution in [3.8, 4) is 0 Å². The fraction of sp³-hybridized carbons (Fsp3) is 0.462. The lowest BCUT2D eigenvalue weighted by Gasteiger charge is -2.12. The Hall–Kier alpha value is -1.23. The second-order valence-electron chi connectivity index (χ2n) is 4.20. The third-order valence-corrected chi connectivity index (χ3v) is 2.61. The number of alkyl halides is 3. The van der Waals surface area contributed by atoms with E-state index in [-0.39, 0.29) is 16.6 Å². The van der Waals surface area contributed by atoms with E-state index in [4.69, 9.17) is 16.3 Å². The van der Waals surface area contributed by atoms with E-state index >= 15 is 0 Å². The predicted octanol–water partition coefficient (Wildman–Crippen LogP) is 5.08. The van der Waals surface area contributed by atoms with Gasteiger partial charge in [0.05, 0.1) is 22.9 Å². The summed E-state index contributed by atoms with van der Waals surface area (Å²) in [5, 5.41) is -0.339. The molecule has 106 valence electrons. The van der Waals surface area contributed by atoms with Crippen LogP contribution in [0.1, 0.15) is 26.3 Å². The van der Waals surface area contributed by atoms with Crippen LogP contribution < -0.4 is 0 Å². The highest BCUT2D eigenvalue weighted by Crippen LogP contribution is 2.36. The van der Waals surface area contributed by atoms with Gasteiger partial charge < -0.3 is 4.74 Å². The SMILES string of the molecule is CCO/C(=N\c1ccc(Cl)c(C(F)(F)F)c1)C(C)C. The number of nitrogens with zero attached hydrogens (tertiary/aromatic N) is 1. The number of hydrogen-bond acceptors (Lipinski definition) is 2. The number of hydrogen-bond donors (Lipinski definition) is 0. The van der Waals surface area contributed by atoms with E-state index in [0.29, 0.717) is 12.5 Å². The molecule has 1 aromatic rings. The van der Waals surface area contributed by atoms with Crippen molar-refractivity contribution in [3.63, 3.8) is 0 Å². The highest BCUT2D eigenvalue weighted by Gasteiger charge is 2.33. The Morgan fingerprint density at radius 1 is 1.37 bits per heavy atom. The van der Waals surface area contributed by atoms with Crippen molar-refractivity contribution in [1.82, 2.24) is 0 Å². The second kappa shape index (κ2) is 6.28. The van der Waals surface area contributed by atoms with Crippen LogP contribution in [-0.4, -0.2) is 12.5 Å². The van der Waals surface area contributed by atoms with Crippen LogP contribution in [0.15, 0.2) is 23.2 Å². The Morgan fingerprint density at radius 2 is 2.00 bits per heavy atom.